The van der Waals surface area contributed by atoms with Gasteiger partial charge < -0.3 is 20.1 Å². The van der Waals surface area contributed by atoms with Crippen LogP contribution in [0.5, 0.6) is 0 Å². The third-order valence-corrected chi connectivity index (χ3v) is 4.98. The Balaban J connectivity index is 1.35. The highest BCUT2D eigenvalue weighted by Gasteiger charge is 2.30. The van der Waals surface area contributed by atoms with Crippen LogP contribution in [0.15, 0.2) is 60.6 Å². The number of rotatable bonds is 4. The van der Waals surface area contributed by atoms with Crippen molar-refractivity contribution < 1.29 is 14.3 Å². The molecule has 0 spiro atoms. The van der Waals surface area contributed by atoms with Crippen LogP contribution in [0.4, 0.5) is 0 Å². The van der Waals surface area contributed by atoms with Crippen LogP contribution in [0.3, 0.4) is 0 Å². The molecule has 2 aromatic carbocycles. The SMILES string of the molecule is NC(CC1=COC(c2ccccc2Cl)O1)C(=O)N1Cc2ccccc2C1. The molecule has 2 unspecified atom stereocenters. The monoisotopic (exact) mass is 370 g/mol. The number of amides is 1. The van der Waals surface area contributed by atoms with Gasteiger partial charge in [0.15, 0.2) is 0 Å². The first kappa shape index (κ1) is 16.9. The van der Waals surface area contributed by atoms with E-state index in [-0.39, 0.29) is 12.3 Å². The van der Waals surface area contributed by atoms with Gasteiger partial charge in [-0.1, -0.05) is 54.1 Å². The molecule has 2 atom stereocenters. The van der Waals surface area contributed by atoms with Crippen molar-refractivity contribution in [2.24, 2.45) is 5.73 Å². The van der Waals surface area contributed by atoms with Crippen LogP contribution in [0.1, 0.15) is 29.4 Å². The van der Waals surface area contributed by atoms with Gasteiger partial charge >= 0.3 is 0 Å². The molecule has 0 saturated carbocycles. The van der Waals surface area contributed by atoms with Crippen molar-refractivity contribution in [3.05, 3.63) is 82.3 Å². The van der Waals surface area contributed by atoms with Crippen molar-refractivity contribution in [1.29, 1.82) is 0 Å². The smallest absolute Gasteiger partial charge is 0.268 e. The minimum atomic E-state index is -0.677. The molecule has 2 aromatic rings. The fourth-order valence-electron chi connectivity index (χ4n) is 3.26. The van der Waals surface area contributed by atoms with Crippen molar-refractivity contribution >= 4 is 17.5 Å². The number of ether oxygens (including phenoxy) is 2. The van der Waals surface area contributed by atoms with Gasteiger partial charge in [0.1, 0.15) is 12.0 Å². The van der Waals surface area contributed by atoms with Gasteiger partial charge in [-0.2, -0.15) is 0 Å². The van der Waals surface area contributed by atoms with Gasteiger partial charge in [-0.25, -0.2) is 0 Å². The Morgan fingerprint density at radius 1 is 1.15 bits per heavy atom. The van der Waals surface area contributed by atoms with E-state index < -0.39 is 12.3 Å². The van der Waals surface area contributed by atoms with Gasteiger partial charge in [-0.05, 0) is 17.2 Å². The van der Waals surface area contributed by atoms with Crippen LogP contribution in [-0.2, 0) is 27.4 Å². The number of halogens is 1. The van der Waals surface area contributed by atoms with Crippen LogP contribution in [-0.4, -0.2) is 16.8 Å². The van der Waals surface area contributed by atoms with E-state index in [1.807, 2.05) is 42.5 Å². The second-order valence-corrected chi connectivity index (χ2v) is 6.87. The summed E-state index contributed by atoms with van der Waals surface area (Å²) in [6.45, 7) is 1.20. The summed E-state index contributed by atoms with van der Waals surface area (Å²) >= 11 is 6.17. The van der Waals surface area contributed by atoms with E-state index in [2.05, 4.69) is 0 Å². The highest BCUT2D eigenvalue weighted by atomic mass is 35.5. The average molecular weight is 371 g/mol. The van der Waals surface area contributed by atoms with E-state index >= 15 is 0 Å². The van der Waals surface area contributed by atoms with Crippen molar-refractivity contribution in [1.82, 2.24) is 4.90 Å². The first-order chi connectivity index (χ1) is 12.6. The number of fused-ring (bicyclic) bond motifs is 1. The Labute approximate surface area is 156 Å². The van der Waals surface area contributed by atoms with Crippen molar-refractivity contribution in [2.75, 3.05) is 0 Å². The molecule has 0 aliphatic carbocycles. The molecular formula is C20H19ClN2O3. The second kappa shape index (κ2) is 7.02. The maximum absolute atomic E-state index is 12.7. The molecule has 0 aromatic heterocycles. The van der Waals surface area contributed by atoms with E-state index in [0.29, 0.717) is 23.9 Å². The summed E-state index contributed by atoms with van der Waals surface area (Å²) in [5.41, 5.74) is 9.22. The fraction of sp³-hybridized carbons (Fsp3) is 0.250. The molecule has 0 fully saturated rings. The van der Waals surface area contributed by atoms with Gasteiger partial charge in [0.25, 0.3) is 6.29 Å². The lowest BCUT2D eigenvalue weighted by Gasteiger charge is -2.20. The second-order valence-electron chi connectivity index (χ2n) is 6.47. The Hall–Kier alpha value is -2.50. The molecular weight excluding hydrogens is 352 g/mol. The number of benzene rings is 2. The Morgan fingerprint density at radius 3 is 2.50 bits per heavy atom. The van der Waals surface area contributed by atoms with E-state index in [1.165, 1.54) is 17.4 Å². The molecule has 0 radical (unpaired) electrons. The lowest BCUT2D eigenvalue weighted by Crippen LogP contribution is -2.41. The molecule has 4 rings (SSSR count). The number of hydrogen-bond acceptors (Lipinski definition) is 4. The largest absolute Gasteiger partial charge is 0.455 e. The number of nitrogens with zero attached hydrogens (tertiary/aromatic N) is 1. The number of carbonyl (C=O) groups is 1. The summed E-state index contributed by atoms with van der Waals surface area (Å²) in [4.78, 5) is 14.4. The predicted octanol–water partition coefficient (Wildman–Crippen LogP) is 3.49. The number of carbonyl (C=O) groups excluding carboxylic acids is 1. The molecule has 26 heavy (non-hydrogen) atoms. The van der Waals surface area contributed by atoms with E-state index in [0.717, 1.165) is 5.56 Å². The molecule has 2 aliphatic heterocycles. The molecule has 0 saturated heterocycles. The lowest BCUT2D eigenvalue weighted by atomic mass is 10.1. The van der Waals surface area contributed by atoms with Gasteiger partial charge in [-0.15, -0.1) is 0 Å². The molecule has 5 nitrogen and oxygen atoms in total. The zero-order valence-electron chi connectivity index (χ0n) is 14.1. The summed E-state index contributed by atoms with van der Waals surface area (Å²) in [5, 5.41) is 0.572. The first-order valence-electron chi connectivity index (χ1n) is 8.48. The van der Waals surface area contributed by atoms with E-state index in [9.17, 15) is 4.79 Å². The van der Waals surface area contributed by atoms with Crippen LogP contribution in [0, 0.1) is 0 Å². The third-order valence-electron chi connectivity index (χ3n) is 4.63. The molecule has 1 amide bonds. The highest BCUT2D eigenvalue weighted by Crippen LogP contribution is 2.34. The molecule has 2 heterocycles. The van der Waals surface area contributed by atoms with Crippen molar-refractivity contribution in [2.45, 2.75) is 31.8 Å². The Bertz CT molecular complexity index is 843. The summed E-state index contributed by atoms with van der Waals surface area (Å²) in [7, 11) is 0. The van der Waals surface area contributed by atoms with Gasteiger partial charge in [0.2, 0.25) is 5.91 Å². The van der Waals surface area contributed by atoms with Crippen LogP contribution in [0.2, 0.25) is 5.02 Å². The first-order valence-corrected chi connectivity index (χ1v) is 8.86. The van der Waals surface area contributed by atoms with Crippen molar-refractivity contribution in [3.63, 3.8) is 0 Å². The lowest BCUT2D eigenvalue weighted by molar-refractivity contribution is -0.133. The fourth-order valence-corrected chi connectivity index (χ4v) is 3.48. The number of nitrogens with two attached hydrogens (primary N) is 1. The number of hydrogen-bond donors (Lipinski definition) is 1. The third kappa shape index (κ3) is 3.28. The normalized spacial score (nSPS) is 19.4. The standard InChI is InChI=1S/C20H19ClN2O3/c21-17-8-4-3-7-16(17)20-25-12-15(26-20)9-18(22)19(24)23-10-13-5-1-2-6-14(13)11-23/h1-8,12,18,20H,9-11,22H2. The average Bonchev–Trinajstić information content (AvgIpc) is 3.28. The van der Waals surface area contributed by atoms with Crippen LogP contribution in [0.25, 0.3) is 0 Å². The van der Waals surface area contributed by atoms with Gasteiger partial charge in [0, 0.05) is 19.5 Å². The summed E-state index contributed by atoms with van der Waals surface area (Å²) < 4.78 is 11.3. The summed E-state index contributed by atoms with van der Waals surface area (Å²) in [5.74, 6) is 0.458. The molecule has 2 aliphatic rings. The highest BCUT2D eigenvalue weighted by molar-refractivity contribution is 6.31. The molecule has 2 N–H and O–H groups in total. The Morgan fingerprint density at radius 2 is 1.81 bits per heavy atom. The van der Waals surface area contributed by atoms with Crippen LogP contribution < -0.4 is 5.73 Å². The predicted molar refractivity (Wildman–Crippen MR) is 97.7 cm³/mol. The molecule has 0 bridgehead atoms. The minimum Gasteiger partial charge on any atom is -0.455 e. The molecule has 6 heteroatoms. The van der Waals surface area contributed by atoms with E-state index in [4.69, 9.17) is 26.8 Å². The maximum Gasteiger partial charge on any atom is 0.268 e. The zero-order valence-corrected chi connectivity index (χ0v) is 14.9. The maximum atomic E-state index is 12.7. The summed E-state index contributed by atoms with van der Waals surface area (Å²) in [6.07, 6.45) is 1.20. The quantitative estimate of drug-likeness (QED) is 0.894. The van der Waals surface area contributed by atoms with Crippen molar-refractivity contribution in [3.8, 4) is 0 Å². The van der Waals surface area contributed by atoms with Crippen LogP contribution >= 0.6 is 11.6 Å². The van der Waals surface area contributed by atoms with Gasteiger partial charge in [-0.3, -0.25) is 4.79 Å². The van der Waals surface area contributed by atoms with E-state index in [1.54, 1.807) is 11.0 Å². The topological polar surface area (TPSA) is 64.8 Å². The molecule has 134 valence electrons. The minimum absolute atomic E-state index is 0.0908. The van der Waals surface area contributed by atoms with Gasteiger partial charge in [0.05, 0.1) is 16.6 Å². The summed E-state index contributed by atoms with van der Waals surface area (Å²) in [6, 6.07) is 14.7. The Kier molecular flexibility index (Phi) is 4.57. The zero-order chi connectivity index (χ0) is 18.1.